The first-order valence-electron chi connectivity index (χ1n) is 4.78. The van der Waals surface area contributed by atoms with Crippen LogP contribution in [0, 0.1) is 0 Å². The summed E-state index contributed by atoms with van der Waals surface area (Å²) in [5.74, 6) is -0.716. The highest BCUT2D eigenvalue weighted by molar-refractivity contribution is 5.94. The molecule has 0 spiro atoms. The number of hydrogen-bond acceptors (Lipinski definition) is 3. The molecule has 2 aromatic heterocycles. The summed E-state index contributed by atoms with van der Waals surface area (Å²) in [6, 6.07) is 1.18. The van der Waals surface area contributed by atoms with E-state index in [2.05, 4.69) is 9.72 Å². The number of carbonyl (C=O) groups excluding carboxylic acids is 1. The second-order valence-electron chi connectivity index (χ2n) is 3.29. The van der Waals surface area contributed by atoms with E-state index < -0.39 is 17.7 Å². The highest BCUT2D eigenvalue weighted by Gasteiger charge is 2.36. The minimum Gasteiger partial charge on any atom is -0.462 e. The maximum Gasteiger partial charge on any atom is 0.421 e. The molecule has 0 unspecified atom stereocenters. The second kappa shape index (κ2) is 3.83. The molecular formula is C10H8F3NO3. The molecule has 0 fully saturated rings. The number of hydrogen-bond donors (Lipinski definition) is 1. The summed E-state index contributed by atoms with van der Waals surface area (Å²) in [5, 5.41) is 0. The lowest BCUT2D eigenvalue weighted by atomic mass is 10.3. The number of rotatable bonds is 2. The van der Waals surface area contributed by atoms with Crippen molar-refractivity contribution in [2.75, 3.05) is 6.61 Å². The minimum absolute atomic E-state index is 0.0274. The summed E-state index contributed by atoms with van der Waals surface area (Å²) >= 11 is 0. The molecule has 0 atom stereocenters. The van der Waals surface area contributed by atoms with Crippen LogP contribution in [-0.2, 0) is 10.9 Å². The largest absolute Gasteiger partial charge is 0.462 e. The molecule has 0 bridgehead atoms. The summed E-state index contributed by atoms with van der Waals surface area (Å²) in [5.41, 5.74) is -1.28. The summed E-state index contributed by atoms with van der Waals surface area (Å²) in [6.07, 6.45) is -3.92. The van der Waals surface area contributed by atoms with Crippen molar-refractivity contribution < 1.29 is 27.1 Å². The SMILES string of the molecule is CCOC(=O)c1cc2occ(C(F)(F)F)c2[nH]1. The van der Waals surface area contributed by atoms with Gasteiger partial charge in [-0.3, -0.25) is 0 Å². The van der Waals surface area contributed by atoms with Crippen LogP contribution in [0.4, 0.5) is 13.2 Å². The second-order valence-corrected chi connectivity index (χ2v) is 3.29. The van der Waals surface area contributed by atoms with Crippen molar-refractivity contribution in [3.05, 3.63) is 23.6 Å². The summed E-state index contributed by atoms with van der Waals surface area (Å²) < 4.78 is 46.9. The van der Waals surface area contributed by atoms with Crippen molar-refractivity contribution in [1.29, 1.82) is 0 Å². The predicted octanol–water partition coefficient (Wildman–Crippen LogP) is 2.96. The van der Waals surface area contributed by atoms with E-state index in [1.165, 1.54) is 6.07 Å². The molecule has 2 heterocycles. The van der Waals surface area contributed by atoms with Crippen molar-refractivity contribution >= 4 is 17.1 Å². The normalized spacial score (nSPS) is 12.0. The van der Waals surface area contributed by atoms with E-state index in [4.69, 9.17) is 4.42 Å². The van der Waals surface area contributed by atoms with Gasteiger partial charge < -0.3 is 14.1 Å². The number of halogens is 3. The highest BCUT2D eigenvalue weighted by Crippen LogP contribution is 2.35. The molecule has 2 aromatic rings. The standard InChI is InChI=1S/C10H8F3NO3/c1-2-16-9(15)6-3-7-8(14-6)5(4-17-7)10(11,12)13/h3-4,14H,2H2,1H3. The zero-order valence-corrected chi connectivity index (χ0v) is 8.72. The number of aromatic amines is 1. The lowest BCUT2D eigenvalue weighted by molar-refractivity contribution is -0.136. The fourth-order valence-electron chi connectivity index (χ4n) is 1.44. The first-order chi connectivity index (χ1) is 7.93. The fraction of sp³-hybridized carbons (Fsp3) is 0.300. The van der Waals surface area contributed by atoms with Crippen molar-refractivity contribution in [3.63, 3.8) is 0 Å². The Morgan fingerprint density at radius 1 is 1.53 bits per heavy atom. The van der Waals surface area contributed by atoms with Gasteiger partial charge in [-0.05, 0) is 6.92 Å². The number of aromatic nitrogens is 1. The molecule has 7 heteroatoms. The Kier molecular flexibility index (Phi) is 2.60. The Bertz CT molecular complexity index is 553. The van der Waals surface area contributed by atoms with Gasteiger partial charge in [0.2, 0.25) is 0 Å². The molecule has 0 saturated carbocycles. The van der Waals surface area contributed by atoms with E-state index in [9.17, 15) is 18.0 Å². The van der Waals surface area contributed by atoms with Crippen LogP contribution in [0.5, 0.6) is 0 Å². The van der Waals surface area contributed by atoms with Crippen LogP contribution in [0.15, 0.2) is 16.7 Å². The topological polar surface area (TPSA) is 55.2 Å². The number of carbonyl (C=O) groups is 1. The number of alkyl halides is 3. The van der Waals surface area contributed by atoms with Gasteiger partial charge in [-0.1, -0.05) is 0 Å². The Morgan fingerprint density at radius 2 is 2.24 bits per heavy atom. The lowest BCUT2D eigenvalue weighted by Gasteiger charge is -2.01. The van der Waals surface area contributed by atoms with Gasteiger partial charge in [0.1, 0.15) is 17.5 Å². The molecule has 0 aliphatic rings. The third-order valence-corrected chi connectivity index (χ3v) is 2.16. The smallest absolute Gasteiger partial charge is 0.421 e. The fourth-order valence-corrected chi connectivity index (χ4v) is 1.44. The molecule has 0 aliphatic carbocycles. The van der Waals surface area contributed by atoms with Gasteiger partial charge in [-0.25, -0.2) is 4.79 Å². The number of fused-ring (bicyclic) bond motifs is 1. The van der Waals surface area contributed by atoms with Gasteiger partial charge in [0, 0.05) is 6.07 Å². The average Bonchev–Trinajstić information content (AvgIpc) is 2.73. The lowest BCUT2D eigenvalue weighted by Crippen LogP contribution is -2.06. The number of esters is 1. The van der Waals surface area contributed by atoms with Gasteiger partial charge >= 0.3 is 12.1 Å². The molecule has 2 rings (SSSR count). The third kappa shape index (κ3) is 2.00. The molecule has 0 amide bonds. The molecule has 17 heavy (non-hydrogen) atoms. The van der Waals surface area contributed by atoms with Gasteiger partial charge in [-0.15, -0.1) is 0 Å². The van der Waals surface area contributed by atoms with Gasteiger partial charge in [-0.2, -0.15) is 13.2 Å². The molecule has 92 valence electrons. The number of furan rings is 1. The van der Waals surface area contributed by atoms with E-state index in [-0.39, 0.29) is 23.4 Å². The molecule has 0 aliphatic heterocycles. The van der Waals surface area contributed by atoms with E-state index >= 15 is 0 Å². The summed E-state index contributed by atoms with van der Waals surface area (Å²) in [6.45, 7) is 1.75. The van der Waals surface area contributed by atoms with Crippen LogP contribution in [0.3, 0.4) is 0 Å². The van der Waals surface area contributed by atoms with Crippen molar-refractivity contribution in [3.8, 4) is 0 Å². The van der Waals surface area contributed by atoms with Crippen molar-refractivity contribution in [1.82, 2.24) is 4.98 Å². The van der Waals surface area contributed by atoms with Crippen LogP contribution >= 0.6 is 0 Å². The maximum atomic E-state index is 12.5. The molecule has 0 saturated heterocycles. The molecular weight excluding hydrogens is 239 g/mol. The molecule has 1 N–H and O–H groups in total. The average molecular weight is 247 g/mol. The monoisotopic (exact) mass is 247 g/mol. The number of ether oxygens (including phenoxy) is 1. The highest BCUT2D eigenvalue weighted by atomic mass is 19.4. The summed E-state index contributed by atoms with van der Waals surface area (Å²) in [4.78, 5) is 13.6. The predicted molar refractivity (Wildman–Crippen MR) is 51.5 cm³/mol. The zero-order chi connectivity index (χ0) is 12.6. The molecule has 4 nitrogen and oxygen atoms in total. The van der Waals surface area contributed by atoms with Crippen LogP contribution in [-0.4, -0.2) is 17.6 Å². The molecule has 0 radical (unpaired) electrons. The zero-order valence-electron chi connectivity index (χ0n) is 8.72. The van der Waals surface area contributed by atoms with Gasteiger partial charge in [0.25, 0.3) is 0 Å². The van der Waals surface area contributed by atoms with Crippen LogP contribution < -0.4 is 0 Å². The van der Waals surface area contributed by atoms with Gasteiger partial charge in [0.05, 0.1) is 12.1 Å². The molecule has 0 aromatic carbocycles. The third-order valence-electron chi connectivity index (χ3n) is 2.16. The van der Waals surface area contributed by atoms with Crippen LogP contribution in [0.25, 0.3) is 11.1 Å². The van der Waals surface area contributed by atoms with Crippen LogP contribution in [0.2, 0.25) is 0 Å². The minimum atomic E-state index is -4.53. The number of nitrogens with one attached hydrogen (secondary N) is 1. The van der Waals surface area contributed by atoms with Crippen molar-refractivity contribution in [2.24, 2.45) is 0 Å². The van der Waals surface area contributed by atoms with Crippen LogP contribution in [0.1, 0.15) is 23.0 Å². The first-order valence-corrected chi connectivity index (χ1v) is 4.78. The van der Waals surface area contributed by atoms with E-state index in [1.54, 1.807) is 6.92 Å². The summed E-state index contributed by atoms with van der Waals surface area (Å²) in [7, 11) is 0. The Balaban J connectivity index is 2.45. The first kappa shape index (κ1) is 11.6. The van der Waals surface area contributed by atoms with Crippen molar-refractivity contribution in [2.45, 2.75) is 13.1 Å². The quantitative estimate of drug-likeness (QED) is 0.830. The Hall–Kier alpha value is -1.92. The maximum absolute atomic E-state index is 12.5. The van der Waals surface area contributed by atoms with E-state index in [0.717, 1.165) is 0 Å². The Morgan fingerprint density at radius 3 is 2.82 bits per heavy atom. The van der Waals surface area contributed by atoms with Gasteiger partial charge in [0.15, 0.2) is 5.58 Å². The van der Waals surface area contributed by atoms with E-state index in [1.807, 2.05) is 0 Å². The van der Waals surface area contributed by atoms with E-state index in [0.29, 0.717) is 6.26 Å². The number of H-pyrrole nitrogens is 1. The Labute approximate surface area is 93.3 Å².